The molecule has 0 fully saturated rings. The molecule has 9 nitrogen and oxygen atoms in total. The number of aliphatic hydroxyl groups is 1. The van der Waals surface area contributed by atoms with E-state index in [-0.39, 0.29) is 13.0 Å². The first-order valence-corrected chi connectivity index (χ1v) is 11.9. The number of anilines is 1. The van der Waals surface area contributed by atoms with Gasteiger partial charge in [-0.05, 0) is 42.3 Å². The zero-order chi connectivity index (χ0) is 23.3. The number of fused-ring (bicyclic) bond motifs is 1. The van der Waals surface area contributed by atoms with Gasteiger partial charge in [0.2, 0.25) is 10.0 Å². The number of carbonyl (C=O) groups is 1. The maximum Gasteiger partial charge on any atom is 0.307 e. The fraction of sp³-hybridized carbons (Fsp3) is 0.318. The van der Waals surface area contributed by atoms with E-state index in [1.807, 2.05) is 19.1 Å². The first kappa shape index (κ1) is 23.6. The quantitative estimate of drug-likeness (QED) is 0.276. The van der Waals surface area contributed by atoms with E-state index in [0.29, 0.717) is 30.2 Å². The molecule has 3 aromatic rings. The van der Waals surface area contributed by atoms with Gasteiger partial charge in [-0.2, -0.15) is 0 Å². The Kier molecular flexibility index (Phi) is 7.39. The highest BCUT2D eigenvalue weighted by atomic mass is 32.2. The Morgan fingerprint density at radius 3 is 2.72 bits per heavy atom. The largest absolute Gasteiger partial charge is 0.492 e. The highest BCUT2D eigenvalue weighted by Crippen LogP contribution is 2.26. The van der Waals surface area contributed by atoms with E-state index in [0.717, 1.165) is 28.4 Å². The van der Waals surface area contributed by atoms with Crippen LogP contribution in [0.25, 0.3) is 10.9 Å². The Balaban J connectivity index is 1.49. The summed E-state index contributed by atoms with van der Waals surface area (Å²) in [7, 11) is -3.38. The van der Waals surface area contributed by atoms with Crippen LogP contribution >= 0.6 is 0 Å². The number of aromatic amines is 1. The molecule has 1 aromatic heterocycles. The van der Waals surface area contributed by atoms with Crippen LogP contribution in [0.5, 0.6) is 5.75 Å². The monoisotopic (exact) mass is 461 g/mol. The fourth-order valence-corrected chi connectivity index (χ4v) is 4.01. The first-order chi connectivity index (χ1) is 15.1. The van der Waals surface area contributed by atoms with Gasteiger partial charge in [-0.15, -0.1) is 0 Å². The summed E-state index contributed by atoms with van der Waals surface area (Å²) < 4.78 is 30.8. The van der Waals surface area contributed by atoms with Crippen LogP contribution < -0.4 is 14.8 Å². The number of ether oxygens (including phenoxy) is 1. The van der Waals surface area contributed by atoms with Crippen molar-refractivity contribution in [1.82, 2.24) is 10.3 Å². The molecule has 3 rings (SSSR count). The van der Waals surface area contributed by atoms with Crippen molar-refractivity contribution in [2.75, 3.05) is 30.7 Å². The molecule has 32 heavy (non-hydrogen) atoms. The van der Waals surface area contributed by atoms with E-state index in [1.165, 1.54) is 0 Å². The van der Waals surface area contributed by atoms with Crippen LogP contribution in [0.3, 0.4) is 0 Å². The molecule has 10 heteroatoms. The predicted molar refractivity (Wildman–Crippen MR) is 123 cm³/mol. The first-order valence-electron chi connectivity index (χ1n) is 10.0. The Hall–Kier alpha value is -3.08. The highest BCUT2D eigenvalue weighted by molar-refractivity contribution is 7.92. The number of aromatic nitrogens is 1. The van der Waals surface area contributed by atoms with E-state index in [9.17, 15) is 18.3 Å². The summed E-state index contributed by atoms with van der Waals surface area (Å²) >= 11 is 0. The maximum atomic E-state index is 11.3. The zero-order valence-corrected chi connectivity index (χ0v) is 18.7. The number of nitrogens with one attached hydrogen (secondary N) is 3. The van der Waals surface area contributed by atoms with E-state index in [1.54, 1.807) is 30.3 Å². The molecule has 5 N–H and O–H groups in total. The van der Waals surface area contributed by atoms with Gasteiger partial charge in [-0.1, -0.05) is 12.1 Å². The average Bonchev–Trinajstić information content (AvgIpc) is 3.00. The van der Waals surface area contributed by atoms with E-state index < -0.39 is 22.1 Å². The summed E-state index contributed by atoms with van der Waals surface area (Å²) in [6, 6.07) is 12.1. The summed E-state index contributed by atoms with van der Waals surface area (Å²) in [4.78, 5) is 14.2. The number of hydrogen-bond acceptors (Lipinski definition) is 6. The van der Waals surface area contributed by atoms with E-state index >= 15 is 0 Å². The van der Waals surface area contributed by atoms with Crippen molar-refractivity contribution >= 4 is 32.6 Å². The lowest BCUT2D eigenvalue weighted by Crippen LogP contribution is -2.26. The van der Waals surface area contributed by atoms with Crippen molar-refractivity contribution in [3.63, 3.8) is 0 Å². The number of H-pyrrole nitrogens is 1. The Labute approximate surface area is 186 Å². The van der Waals surface area contributed by atoms with Crippen molar-refractivity contribution in [2.45, 2.75) is 19.4 Å². The summed E-state index contributed by atoms with van der Waals surface area (Å²) in [6.07, 6.45) is 0.231. The second kappa shape index (κ2) is 10.0. The molecular weight excluding hydrogens is 434 g/mol. The van der Waals surface area contributed by atoms with Gasteiger partial charge < -0.3 is 25.3 Å². The lowest BCUT2D eigenvalue weighted by atomic mass is 10.1. The van der Waals surface area contributed by atoms with Crippen LogP contribution in [0.2, 0.25) is 0 Å². The third kappa shape index (κ3) is 6.46. The van der Waals surface area contributed by atoms with Crippen molar-refractivity contribution in [3.8, 4) is 5.75 Å². The second-order valence-corrected chi connectivity index (χ2v) is 9.32. The van der Waals surface area contributed by atoms with Crippen molar-refractivity contribution < 1.29 is 28.2 Å². The number of sulfonamides is 1. The normalized spacial score (nSPS) is 12.6. The standard InChI is InChI=1S/C22H27N3O6S/c1-14-19(12-22(27)28)18-7-6-17(11-20(18)24-14)31-9-8-23-13-21(26)15-4-3-5-16(10-15)25-32(2,29)30/h3-7,10-11,21,23-26H,8-9,12-13H2,1-2H3,(H,27,28)/t21-/m0/s1. The molecule has 0 aliphatic heterocycles. The number of benzene rings is 2. The van der Waals surface area contributed by atoms with Gasteiger partial charge in [-0.3, -0.25) is 9.52 Å². The Morgan fingerprint density at radius 2 is 2.00 bits per heavy atom. The van der Waals surface area contributed by atoms with Gasteiger partial charge in [0.15, 0.2) is 0 Å². The minimum Gasteiger partial charge on any atom is -0.492 e. The number of carboxylic acids is 1. The second-order valence-electron chi connectivity index (χ2n) is 7.57. The molecular formula is C22H27N3O6S. The summed E-state index contributed by atoms with van der Waals surface area (Å²) in [5.41, 5.74) is 3.41. The number of aliphatic hydroxyl groups excluding tert-OH is 1. The fourth-order valence-electron chi connectivity index (χ4n) is 3.46. The number of rotatable bonds is 11. The number of aliphatic carboxylic acids is 1. The molecule has 0 spiro atoms. The number of carboxylic acid groups (broad SMARTS) is 1. The van der Waals surface area contributed by atoms with E-state index in [2.05, 4.69) is 15.0 Å². The molecule has 0 aliphatic rings. The zero-order valence-electron chi connectivity index (χ0n) is 17.9. The molecule has 1 atom stereocenters. The summed E-state index contributed by atoms with van der Waals surface area (Å²) in [5.74, 6) is -0.219. The third-order valence-electron chi connectivity index (χ3n) is 4.88. The van der Waals surface area contributed by atoms with Crippen molar-refractivity contribution in [2.24, 2.45) is 0 Å². The van der Waals surface area contributed by atoms with Gasteiger partial charge in [0, 0.05) is 41.4 Å². The van der Waals surface area contributed by atoms with Crippen LogP contribution in [0.15, 0.2) is 42.5 Å². The summed E-state index contributed by atoms with van der Waals surface area (Å²) in [6.45, 7) is 2.99. The third-order valence-corrected chi connectivity index (χ3v) is 5.49. The topological polar surface area (TPSA) is 141 Å². The van der Waals surface area contributed by atoms with Gasteiger partial charge in [0.05, 0.1) is 18.8 Å². The molecule has 0 saturated heterocycles. The molecule has 0 bridgehead atoms. The van der Waals surface area contributed by atoms with Crippen LogP contribution in [-0.4, -0.2) is 55.5 Å². The van der Waals surface area contributed by atoms with Crippen LogP contribution in [0, 0.1) is 6.92 Å². The van der Waals surface area contributed by atoms with Crippen LogP contribution in [-0.2, 0) is 21.2 Å². The summed E-state index contributed by atoms with van der Waals surface area (Å²) in [5, 5.41) is 23.4. The van der Waals surface area contributed by atoms with Crippen LogP contribution in [0.1, 0.15) is 22.9 Å². The maximum absolute atomic E-state index is 11.3. The minimum absolute atomic E-state index is 0.0362. The molecule has 0 saturated carbocycles. The SMILES string of the molecule is Cc1[nH]c2cc(OCCNC[C@H](O)c3cccc(NS(C)(=O)=O)c3)ccc2c1CC(=O)O. The Bertz CT molecular complexity index is 1210. The number of aryl methyl sites for hydroxylation is 1. The lowest BCUT2D eigenvalue weighted by Gasteiger charge is -2.14. The van der Waals surface area contributed by atoms with Gasteiger partial charge >= 0.3 is 5.97 Å². The molecule has 0 aliphatic carbocycles. The lowest BCUT2D eigenvalue weighted by molar-refractivity contribution is -0.136. The van der Waals surface area contributed by atoms with Gasteiger partial charge in [0.1, 0.15) is 12.4 Å². The predicted octanol–water partition coefficient (Wildman–Crippen LogP) is 2.18. The Morgan fingerprint density at radius 1 is 1.22 bits per heavy atom. The molecule has 0 unspecified atom stereocenters. The molecule has 1 heterocycles. The van der Waals surface area contributed by atoms with Crippen molar-refractivity contribution in [1.29, 1.82) is 0 Å². The average molecular weight is 462 g/mol. The van der Waals surface area contributed by atoms with Crippen LogP contribution in [0.4, 0.5) is 5.69 Å². The molecule has 0 amide bonds. The van der Waals surface area contributed by atoms with Crippen molar-refractivity contribution in [3.05, 3.63) is 59.3 Å². The molecule has 2 aromatic carbocycles. The minimum atomic E-state index is -3.38. The van der Waals surface area contributed by atoms with Gasteiger partial charge in [-0.25, -0.2) is 8.42 Å². The smallest absolute Gasteiger partial charge is 0.307 e. The van der Waals surface area contributed by atoms with E-state index in [4.69, 9.17) is 9.84 Å². The highest BCUT2D eigenvalue weighted by Gasteiger charge is 2.13. The molecule has 0 radical (unpaired) electrons. The molecule has 172 valence electrons. The number of hydrogen-bond donors (Lipinski definition) is 5. The van der Waals surface area contributed by atoms with Gasteiger partial charge in [0.25, 0.3) is 0 Å².